The Morgan fingerprint density at radius 2 is 1.38 bits per heavy atom. The standard InChI is InChI=1S/C17H13IN2O/c18-17-12-11-16(21-17)13-19-20(14-7-3-1-4-8-14)15-9-5-2-6-10-15/h1-13H/b19-13-. The number of halogens is 1. The molecule has 0 unspecified atom stereocenters. The van der Waals surface area contributed by atoms with E-state index >= 15 is 0 Å². The van der Waals surface area contributed by atoms with Crippen LogP contribution >= 0.6 is 22.6 Å². The SMILES string of the molecule is Ic1ccc(/C=N\N(c2ccccc2)c2ccccc2)o1. The molecule has 0 radical (unpaired) electrons. The van der Waals surface area contributed by atoms with Crippen molar-refractivity contribution in [3.05, 3.63) is 82.3 Å². The van der Waals surface area contributed by atoms with Gasteiger partial charge in [0.1, 0.15) is 5.76 Å². The quantitative estimate of drug-likeness (QED) is 0.355. The van der Waals surface area contributed by atoms with Crippen molar-refractivity contribution in [2.45, 2.75) is 0 Å². The number of benzene rings is 2. The first-order valence-electron chi connectivity index (χ1n) is 6.52. The van der Waals surface area contributed by atoms with Crippen molar-refractivity contribution >= 4 is 40.2 Å². The molecular weight excluding hydrogens is 375 g/mol. The van der Waals surface area contributed by atoms with Crippen LogP contribution in [0.5, 0.6) is 0 Å². The molecule has 1 heterocycles. The predicted molar refractivity (Wildman–Crippen MR) is 94.0 cm³/mol. The summed E-state index contributed by atoms with van der Waals surface area (Å²) in [5.41, 5.74) is 2.00. The molecule has 0 bridgehead atoms. The number of furan rings is 1. The molecule has 0 spiro atoms. The van der Waals surface area contributed by atoms with Crippen molar-refractivity contribution in [1.29, 1.82) is 0 Å². The molecule has 3 nitrogen and oxygen atoms in total. The summed E-state index contributed by atoms with van der Waals surface area (Å²) in [5.74, 6) is 0.733. The van der Waals surface area contributed by atoms with E-state index < -0.39 is 0 Å². The van der Waals surface area contributed by atoms with E-state index in [4.69, 9.17) is 4.42 Å². The lowest BCUT2D eigenvalue weighted by atomic mass is 10.2. The van der Waals surface area contributed by atoms with Gasteiger partial charge in [0.05, 0.1) is 17.6 Å². The fraction of sp³-hybridized carbons (Fsp3) is 0. The highest BCUT2D eigenvalue weighted by molar-refractivity contribution is 14.1. The molecule has 3 aromatic rings. The molecule has 0 saturated heterocycles. The highest BCUT2D eigenvalue weighted by Crippen LogP contribution is 2.25. The molecule has 104 valence electrons. The molecule has 1 aromatic heterocycles. The van der Waals surface area contributed by atoms with E-state index in [2.05, 4.69) is 27.7 Å². The van der Waals surface area contributed by atoms with Crippen LogP contribution < -0.4 is 5.01 Å². The van der Waals surface area contributed by atoms with Gasteiger partial charge in [-0.3, -0.25) is 0 Å². The van der Waals surface area contributed by atoms with Crippen molar-refractivity contribution < 1.29 is 4.42 Å². The average Bonchev–Trinajstić information content (AvgIpc) is 2.95. The number of hydrazone groups is 1. The van der Waals surface area contributed by atoms with E-state index in [1.165, 1.54) is 0 Å². The Labute approximate surface area is 137 Å². The highest BCUT2D eigenvalue weighted by Gasteiger charge is 2.06. The molecule has 0 fully saturated rings. The zero-order valence-electron chi connectivity index (χ0n) is 11.2. The lowest BCUT2D eigenvalue weighted by Gasteiger charge is -2.18. The third-order valence-corrected chi connectivity index (χ3v) is 3.48. The lowest BCUT2D eigenvalue weighted by molar-refractivity contribution is 0.531. The van der Waals surface area contributed by atoms with Crippen molar-refractivity contribution in [2.75, 3.05) is 5.01 Å². The number of anilines is 2. The Hall–Kier alpha value is -2.08. The second kappa shape index (κ2) is 6.58. The smallest absolute Gasteiger partial charge is 0.164 e. The number of rotatable bonds is 4. The normalized spacial score (nSPS) is 10.9. The molecule has 0 aliphatic carbocycles. The average molecular weight is 388 g/mol. The fourth-order valence-electron chi connectivity index (χ4n) is 1.93. The van der Waals surface area contributed by atoms with Gasteiger partial charge < -0.3 is 4.42 Å². The van der Waals surface area contributed by atoms with E-state index in [-0.39, 0.29) is 0 Å². The molecule has 4 heteroatoms. The van der Waals surface area contributed by atoms with Crippen LogP contribution in [0.25, 0.3) is 0 Å². The van der Waals surface area contributed by atoms with Crippen LogP contribution in [0.15, 0.2) is 82.3 Å². The van der Waals surface area contributed by atoms with Crippen LogP contribution in [0.2, 0.25) is 0 Å². The third-order valence-electron chi connectivity index (χ3n) is 2.90. The zero-order valence-corrected chi connectivity index (χ0v) is 13.3. The van der Waals surface area contributed by atoms with Crippen molar-refractivity contribution in [3.63, 3.8) is 0 Å². The van der Waals surface area contributed by atoms with Crippen LogP contribution in [0.1, 0.15) is 5.76 Å². The molecule has 0 aliphatic heterocycles. The summed E-state index contributed by atoms with van der Waals surface area (Å²) in [7, 11) is 0. The van der Waals surface area contributed by atoms with Crippen LogP contribution in [0.3, 0.4) is 0 Å². The van der Waals surface area contributed by atoms with Crippen LogP contribution in [0, 0.1) is 3.77 Å². The van der Waals surface area contributed by atoms with E-state index in [1.807, 2.05) is 77.8 Å². The van der Waals surface area contributed by atoms with Crippen LogP contribution in [0.4, 0.5) is 11.4 Å². The molecular formula is C17H13IN2O. The maximum Gasteiger partial charge on any atom is 0.164 e. The summed E-state index contributed by atoms with van der Waals surface area (Å²) in [4.78, 5) is 0. The molecule has 0 N–H and O–H groups in total. The summed E-state index contributed by atoms with van der Waals surface area (Å²) in [6.45, 7) is 0. The van der Waals surface area contributed by atoms with Gasteiger partial charge in [-0.15, -0.1) is 0 Å². The monoisotopic (exact) mass is 388 g/mol. The molecule has 2 aromatic carbocycles. The van der Waals surface area contributed by atoms with Gasteiger partial charge in [-0.25, -0.2) is 5.01 Å². The Kier molecular flexibility index (Phi) is 4.35. The van der Waals surface area contributed by atoms with E-state index in [9.17, 15) is 0 Å². The number of para-hydroxylation sites is 2. The van der Waals surface area contributed by atoms with Crippen LogP contribution in [-0.2, 0) is 0 Å². The fourth-order valence-corrected chi connectivity index (χ4v) is 2.37. The Morgan fingerprint density at radius 1 is 0.810 bits per heavy atom. The van der Waals surface area contributed by atoms with Gasteiger partial charge in [0, 0.05) is 0 Å². The molecule has 21 heavy (non-hydrogen) atoms. The summed E-state index contributed by atoms with van der Waals surface area (Å²) >= 11 is 2.14. The lowest BCUT2D eigenvalue weighted by Crippen LogP contribution is -2.08. The van der Waals surface area contributed by atoms with Gasteiger partial charge in [0.2, 0.25) is 0 Å². The van der Waals surface area contributed by atoms with Crippen molar-refractivity contribution in [1.82, 2.24) is 0 Å². The minimum Gasteiger partial charge on any atom is -0.449 e. The Balaban J connectivity index is 1.95. The van der Waals surface area contributed by atoms with Crippen molar-refractivity contribution in [2.24, 2.45) is 5.10 Å². The van der Waals surface area contributed by atoms with E-state index in [1.54, 1.807) is 6.21 Å². The molecule has 3 rings (SSSR count). The van der Waals surface area contributed by atoms with E-state index in [0.717, 1.165) is 20.9 Å². The summed E-state index contributed by atoms with van der Waals surface area (Å²) < 4.78 is 6.36. The summed E-state index contributed by atoms with van der Waals surface area (Å²) in [5, 5.41) is 6.44. The first-order valence-corrected chi connectivity index (χ1v) is 7.60. The van der Waals surface area contributed by atoms with Gasteiger partial charge in [-0.1, -0.05) is 36.4 Å². The Bertz CT molecular complexity index is 683. The zero-order chi connectivity index (χ0) is 14.5. The van der Waals surface area contributed by atoms with Crippen LogP contribution in [-0.4, -0.2) is 6.21 Å². The van der Waals surface area contributed by atoms with Gasteiger partial charge in [-0.05, 0) is 59.0 Å². The molecule has 0 atom stereocenters. The third kappa shape index (κ3) is 3.52. The van der Waals surface area contributed by atoms with Gasteiger partial charge >= 0.3 is 0 Å². The molecule has 0 amide bonds. The minimum atomic E-state index is 0.733. The number of nitrogens with zero attached hydrogens (tertiary/aromatic N) is 2. The molecule has 0 saturated carbocycles. The van der Waals surface area contributed by atoms with E-state index in [0.29, 0.717) is 0 Å². The second-order valence-electron chi connectivity index (χ2n) is 4.37. The molecule has 0 aliphatic rings. The summed E-state index contributed by atoms with van der Waals surface area (Å²) in [6.07, 6.45) is 1.72. The van der Waals surface area contributed by atoms with Gasteiger partial charge in [-0.2, -0.15) is 5.10 Å². The highest BCUT2D eigenvalue weighted by atomic mass is 127. The predicted octanol–water partition coefficient (Wildman–Crippen LogP) is 5.06. The number of hydrogen-bond acceptors (Lipinski definition) is 3. The number of hydrogen-bond donors (Lipinski definition) is 0. The largest absolute Gasteiger partial charge is 0.449 e. The first kappa shape index (κ1) is 13.9. The Morgan fingerprint density at radius 3 is 1.86 bits per heavy atom. The minimum absolute atomic E-state index is 0.733. The first-order chi connectivity index (χ1) is 10.3. The van der Waals surface area contributed by atoms with Gasteiger partial charge in [0.15, 0.2) is 3.77 Å². The maximum atomic E-state index is 5.52. The van der Waals surface area contributed by atoms with Gasteiger partial charge in [0.25, 0.3) is 0 Å². The van der Waals surface area contributed by atoms with Crippen molar-refractivity contribution in [3.8, 4) is 0 Å². The maximum absolute atomic E-state index is 5.52. The topological polar surface area (TPSA) is 28.7 Å². The second-order valence-corrected chi connectivity index (χ2v) is 5.43. The summed E-state index contributed by atoms with van der Waals surface area (Å²) in [6, 6.07) is 23.9.